The molecule has 9 aromatic rings. The van der Waals surface area contributed by atoms with Gasteiger partial charge in [-0.05, 0) is 114 Å². The Morgan fingerprint density at radius 2 is 0.982 bits per heavy atom. The maximum atomic E-state index is 2.48. The van der Waals surface area contributed by atoms with Gasteiger partial charge in [0.2, 0.25) is 0 Å². The summed E-state index contributed by atoms with van der Waals surface area (Å²) in [6, 6.07) is 65.1. The molecule has 0 saturated carbocycles. The van der Waals surface area contributed by atoms with Gasteiger partial charge in [-0.1, -0.05) is 182 Å². The van der Waals surface area contributed by atoms with Crippen LogP contribution in [-0.2, 0) is 0 Å². The van der Waals surface area contributed by atoms with Crippen molar-refractivity contribution in [2.45, 2.75) is 12.8 Å². The van der Waals surface area contributed by atoms with Crippen molar-refractivity contribution in [3.8, 4) is 77.2 Å². The van der Waals surface area contributed by atoms with Crippen LogP contribution in [0.15, 0.2) is 194 Å². The minimum Gasteiger partial charge on any atom is -0.135 e. The zero-order chi connectivity index (χ0) is 36.3. The first-order chi connectivity index (χ1) is 27.3. The van der Waals surface area contributed by atoms with E-state index in [-0.39, 0.29) is 0 Å². The fourth-order valence-corrected chi connectivity index (χ4v) is 10.2. The van der Waals surface area contributed by atoms with Gasteiger partial charge in [0.25, 0.3) is 0 Å². The van der Waals surface area contributed by atoms with Gasteiger partial charge in [0.1, 0.15) is 0 Å². The summed E-state index contributed by atoms with van der Waals surface area (Å²) < 4.78 is 1.32. The molecule has 1 heteroatoms. The number of benzene rings is 8. The molecule has 11 rings (SSSR count). The van der Waals surface area contributed by atoms with Crippen LogP contribution in [0.3, 0.4) is 0 Å². The predicted octanol–water partition coefficient (Wildman–Crippen LogP) is 15.8. The molecule has 0 unspecified atom stereocenters. The number of hydrogen-bond donors (Lipinski definition) is 0. The van der Waals surface area contributed by atoms with E-state index in [0.29, 0.717) is 0 Å². The number of fused-ring (bicyclic) bond motifs is 4. The monoisotopic (exact) mass is 716 g/mol. The van der Waals surface area contributed by atoms with E-state index in [1.807, 2.05) is 11.3 Å². The molecule has 0 fully saturated rings. The predicted molar refractivity (Wildman–Crippen MR) is 237 cm³/mol. The van der Waals surface area contributed by atoms with Crippen LogP contribution in [0.4, 0.5) is 0 Å². The van der Waals surface area contributed by atoms with Crippen LogP contribution in [0, 0.1) is 0 Å². The molecule has 0 atom stereocenters. The van der Waals surface area contributed by atoms with Crippen LogP contribution >= 0.6 is 11.3 Å². The molecule has 0 saturated heterocycles. The van der Waals surface area contributed by atoms with Crippen molar-refractivity contribution in [3.05, 3.63) is 200 Å². The molecule has 55 heavy (non-hydrogen) atoms. The highest BCUT2D eigenvalue weighted by molar-refractivity contribution is 7.23. The Balaban J connectivity index is 1.04. The first-order valence-electron chi connectivity index (χ1n) is 19.2. The van der Waals surface area contributed by atoms with Crippen LogP contribution in [0.1, 0.15) is 18.4 Å². The third kappa shape index (κ3) is 5.27. The van der Waals surface area contributed by atoms with Crippen molar-refractivity contribution in [1.29, 1.82) is 0 Å². The summed E-state index contributed by atoms with van der Waals surface area (Å²) in [4.78, 5) is 1.32. The zero-order valence-corrected chi connectivity index (χ0v) is 31.1. The first-order valence-corrected chi connectivity index (χ1v) is 20.1. The van der Waals surface area contributed by atoms with E-state index in [1.165, 1.54) is 109 Å². The summed E-state index contributed by atoms with van der Waals surface area (Å²) in [5, 5.41) is 3.97. The van der Waals surface area contributed by atoms with Crippen molar-refractivity contribution in [3.63, 3.8) is 0 Å². The second kappa shape index (κ2) is 13.1. The third-order valence-corrected chi connectivity index (χ3v) is 12.7. The summed E-state index contributed by atoms with van der Waals surface area (Å²) in [7, 11) is 0. The van der Waals surface area contributed by atoms with Gasteiger partial charge in [0.05, 0.1) is 0 Å². The number of hydrogen-bond acceptors (Lipinski definition) is 1. The molecule has 0 amide bonds. The van der Waals surface area contributed by atoms with E-state index < -0.39 is 0 Å². The smallest absolute Gasteiger partial charge is 0.0433 e. The first kappa shape index (κ1) is 31.9. The van der Waals surface area contributed by atoms with E-state index in [2.05, 4.69) is 194 Å². The van der Waals surface area contributed by atoms with Gasteiger partial charge < -0.3 is 0 Å². The molecule has 2 aliphatic carbocycles. The number of rotatable bonds is 6. The Morgan fingerprint density at radius 1 is 0.382 bits per heavy atom. The molecule has 0 radical (unpaired) electrons. The van der Waals surface area contributed by atoms with Gasteiger partial charge in [-0.2, -0.15) is 0 Å². The maximum Gasteiger partial charge on any atom is 0.0433 e. The highest BCUT2D eigenvalue weighted by Gasteiger charge is 2.30. The van der Waals surface area contributed by atoms with Gasteiger partial charge in [-0.25, -0.2) is 0 Å². The Hall–Kier alpha value is -6.54. The normalized spacial score (nSPS) is 13.0. The highest BCUT2D eigenvalue weighted by Crippen LogP contribution is 2.56. The Kier molecular flexibility index (Phi) is 7.60. The lowest BCUT2D eigenvalue weighted by Gasteiger charge is -2.22. The SMILES string of the molecule is C1=CC(c2cc(-c3ccc(-c4ccc(-c5sc6ccccc6c5-c5ccccc5)cc4)cc3)c(-c3ccccc3)c3c2-c2cccc4cccc-3c24)=CCC1. The molecule has 2 aliphatic rings. The minimum atomic E-state index is 1.07. The molecule has 258 valence electrons. The standard InChI is InChI=1S/C54H36S/c1-4-14-37(15-5-1)47-34-46(50(40-16-6-2-7-17-40)53-45-24-13-21-39-20-12-23-44(49(39)45)52(47)53)38-30-26-35(27-31-38)36-28-32-42(33-29-36)54-51(41-18-8-3-9-19-41)43-22-10-11-25-48(43)55-54/h2-4,6-34H,1,5H2. The number of thiophene rings is 1. The van der Waals surface area contributed by atoms with Crippen molar-refractivity contribution in [2.75, 3.05) is 0 Å². The van der Waals surface area contributed by atoms with Gasteiger partial charge in [0.15, 0.2) is 0 Å². The van der Waals surface area contributed by atoms with E-state index in [1.54, 1.807) is 0 Å². The van der Waals surface area contributed by atoms with E-state index in [0.717, 1.165) is 12.8 Å². The summed E-state index contributed by atoms with van der Waals surface area (Å²) in [5.74, 6) is 0. The lowest BCUT2D eigenvalue weighted by molar-refractivity contribution is 1.04. The average molecular weight is 717 g/mol. The van der Waals surface area contributed by atoms with Crippen molar-refractivity contribution in [2.24, 2.45) is 0 Å². The molecule has 0 nitrogen and oxygen atoms in total. The fraction of sp³-hybridized carbons (Fsp3) is 0.0370. The summed E-state index contributed by atoms with van der Waals surface area (Å²) in [6.07, 6.45) is 9.26. The summed E-state index contributed by atoms with van der Waals surface area (Å²) in [5.41, 5.74) is 19.3. The van der Waals surface area contributed by atoms with Gasteiger partial charge >= 0.3 is 0 Å². The second-order valence-corrected chi connectivity index (χ2v) is 15.7. The molecule has 1 heterocycles. The van der Waals surface area contributed by atoms with Gasteiger partial charge in [0, 0.05) is 20.5 Å². The maximum absolute atomic E-state index is 2.48. The molecule has 0 N–H and O–H groups in total. The lowest BCUT2D eigenvalue weighted by atomic mass is 9.81. The topological polar surface area (TPSA) is 0 Å². The second-order valence-electron chi connectivity index (χ2n) is 14.6. The van der Waals surface area contributed by atoms with Crippen LogP contribution in [0.5, 0.6) is 0 Å². The molecular formula is C54H36S. The Morgan fingerprint density at radius 3 is 1.65 bits per heavy atom. The molecule has 0 bridgehead atoms. The van der Waals surface area contributed by atoms with Crippen molar-refractivity contribution >= 4 is 37.8 Å². The highest BCUT2D eigenvalue weighted by atomic mass is 32.1. The third-order valence-electron chi connectivity index (χ3n) is 11.5. The average Bonchev–Trinajstić information content (AvgIpc) is 3.82. The molecule has 8 aromatic carbocycles. The van der Waals surface area contributed by atoms with Crippen LogP contribution < -0.4 is 0 Å². The minimum absolute atomic E-state index is 1.07. The van der Waals surface area contributed by atoms with Gasteiger partial charge in [-0.3, -0.25) is 0 Å². The summed E-state index contributed by atoms with van der Waals surface area (Å²) in [6.45, 7) is 0. The molecule has 1 aromatic heterocycles. The van der Waals surface area contributed by atoms with Crippen LogP contribution in [-0.4, -0.2) is 0 Å². The van der Waals surface area contributed by atoms with Crippen molar-refractivity contribution < 1.29 is 0 Å². The largest absolute Gasteiger partial charge is 0.135 e. The Labute approximate surface area is 326 Å². The number of allylic oxidation sites excluding steroid dienone is 4. The molecular weight excluding hydrogens is 681 g/mol. The van der Waals surface area contributed by atoms with Crippen LogP contribution in [0.25, 0.3) is 104 Å². The van der Waals surface area contributed by atoms with E-state index >= 15 is 0 Å². The van der Waals surface area contributed by atoms with E-state index in [4.69, 9.17) is 0 Å². The molecule has 0 spiro atoms. The quantitative estimate of drug-likeness (QED) is 0.161. The molecule has 0 aliphatic heterocycles. The van der Waals surface area contributed by atoms with E-state index in [9.17, 15) is 0 Å². The van der Waals surface area contributed by atoms with Crippen LogP contribution in [0.2, 0.25) is 0 Å². The van der Waals surface area contributed by atoms with Crippen molar-refractivity contribution in [1.82, 2.24) is 0 Å². The fourth-order valence-electron chi connectivity index (χ4n) is 8.96. The van der Waals surface area contributed by atoms with Gasteiger partial charge in [-0.15, -0.1) is 11.3 Å². The Bertz CT molecular complexity index is 2970. The lowest BCUT2D eigenvalue weighted by Crippen LogP contribution is -1.97. The zero-order valence-electron chi connectivity index (χ0n) is 30.3. The summed E-state index contributed by atoms with van der Waals surface area (Å²) >= 11 is 1.88.